The Morgan fingerprint density at radius 1 is 1.19 bits per heavy atom. The molecule has 31 heavy (non-hydrogen) atoms. The number of hydrogen-bond donors (Lipinski definition) is 2. The molecule has 0 unspecified atom stereocenters. The monoisotopic (exact) mass is 421 g/mol. The predicted molar refractivity (Wildman–Crippen MR) is 125 cm³/mol. The minimum absolute atomic E-state index is 0.0368. The van der Waals surface area contributed by atoms with Crippen molar-refractivity contribution in [2.75, 3.05) is 50.1 Å². The molecule has 2 N–H and O–H groups in total. The van der Waals surface area contributed by atoms with E-state index in [1.807, 2.05) is 18.2 Å². The lowest BCUT2D eigenvalue weighted by atomic mass is 10.1. The van der Waals surface area contributed by atoms with Gasteiger partial charge >= 0.3 is 0 Å². The molecule has 0 aliphatic carbocycles. The summed E-state index contributed by atoms with van der Waals surface area (Å²) in [5.74, 6) is -0.275. The third-order valence-electron chi connectivity index (χ3n) is 6.15. The van der Waals surface area contributed by atoms with Gasteiger partial charge in [0, 0.05) is 56.1 Å². The van der Waals surface area contributed by atoms with Crippen molar-refractivity contribution >= 4 is 28.2 Å². The average molecular weight is 422 g/mol. The topological polar surface area (TPSA) is 75.7 Å². The number of phenols is 1. The molecule has 1 fully saturated rings. The number of fused-ring (bicyclic) bond motifs is 1. The normalized spacial score (nSPS) is 14.9. The zero-order valence-electron chi connectivity index (χ0n) is 18.6. The number of rotatable bonds is 6. The van der Waals surface area contributed by atoms with Gasteiger partial charge in [0.2, 0.25) is 0 Å². The maximum atomic E-state index is 13.3. The molecule has 0 atom stereocenters. The number of phenolic OH excluding ortho intramolecular Hbond substituents is 1. The molecule has 1 aliphatic rings. The number of aromatic nitrogens is 2. The molecule has 4 rings (SSSR count). The number of aromatic amines is 1. The van der Waals surface area contributed by atoms with E-state index in [1.54, 1.807) is 24.1 Å². The van der Waals surface area contributed by atoms with Crippen LogP contribution >= 0.6 is 0 Å². The van der Waals surface area contributed by atoms with Crippen LogP contribution in [0.3, 0.4) is 0 Å². The number of hydrogen-bond acceptors (Lipinski definition) is 5. The van der Waals surface area contributed by atoms with Crippen LogP contribution in [-0.2, 0) is 6.42 Å². The van der Waals surface area contributed by atoms with E-state index in [-0.39, 0.29) is 11.7 Å². The van der Waals surface area contributed by atoms with Crippen LogP contribution < -0.4 is 9.80 Å². The molecule has 3 aromatic rings. The number of likely N-dealkylation sites (N-methyl/N-ethyl adjacent to an activating group) is 1. The van der Waals surface area contributed by atoms with Gasteiger partial charge in [0.25, 0.3) is 5.91 Å². The molecule has 1 saturated heterocycles. The van der Waals surface area contributed by atoms with Gasteiger partial charge in [0.1, 0.15) is 5.75 Å². The Hall–Kier alpha value is -3.06. The molecule has 0 saturated carbocycles. The Balaban J connectivity index is 1.60. The van der Waals surface area contributed by atoms with Crippen molar-refractivity contribution in [3.63, 3.8) is 0 Å². The second-order valence-electron chi connectivity index (χ2n) is 8.36. The standard InChI is InChI=1S/C24H31N5O2/c1-4-5-9-21-19-15-20(23(30)16-22(19)26-25-21)24(31)28(3)17-7-6-8-18(14-17)29-12-10-27(2)11-13-29/h6-8,14-16,30H,4-5,9-13H2,1-3H3,(H,25,26). The van der Waals surface area contributed by atoms with Gasteiger partial charge in [-0.3, -0.25) is 9.89 Å². The first kappa shape index (κ1) is 21.2. The number of H-pyrrole nitrogens is 1. The van der Waals surface area contributed by atoms with Crippen LogP contribution in [0.1, 0.15) is 35.8 Å². The highest BCUT2D eigenvalue weighted by Crippen LogP contribution is 2.30. The van der Waals surface area contributed by atoms with Crippen molar-refractivity contribution in [1.82, 2.24) is 15.1 Å². The summed E-state index contributed by atoms with van der Waals surface area (Å²) in [4.78, 5) is 19.6. The van der Waals surface area contributed by atoms with E-state index in [1.165, 1.54) is 0 Å². The second-order valence-corrected chi connectivity index (χ2v) is 8.36. The van der Waals surface area contributed by atoms with E-state index in [2.05, 4.69) is 40.0 Å². The number of benzene rings is 2. The third-order valence-corrected chi connectivity index (χ3v) is 6.15. The van der Waals surface area contributed by atoms with Crippen molar-refractivity contribution in [3.8, 4) is 5.75 Å². The third kappa shape index (κ3) is 4.37. The Kier molecular flexibility index (Phi) is 6.13. The first-order valence-electron chi connectivity index (χ1n) is 11.0. The Labute approximate surface area is 183 Å². The van der Waals surface area contributed by atoms with Gasteiger partial charge in [0.05, 0.1) is 16.8 Å². The van der Waals surface area contributed by atoms with Crippen LogP contribution in [-0.4, -0.2) is 66.4 Å². The summed E-state index contributed by atoms with van der Waals surface area (Å²) in [6, 6.07) is 11.4. The molecular formula is C24H31N5O2. The molecular weight excluding hydrogens is 390 g/mol. The van der Waals surface area contributed by atoms with Gasteiger partial charge in [-0.25, -0.2) is 0 Å². The van der Waals surface area contributed by atoms with Crippen LogP contribution in [0.25, 0.3) is 10.9 Å². The lowest BCUT2D eigenvalue weighted by molar-refractivity contribution is 0.0990. The van der Waals surface area contributed by atoms with Gasteiger partial charge in [-0.15, -0.1) is 0 Å². The molecule has 164 valence electrons. The molecule has 0 radical (unpaired) electrons. The molecule has 1 amide bonds. The number of anilines is 2. The molecule has 7 heteroatoms. The van der Waals surface area contributed by atoms with Gasteiger partial charge < -0.3 is 19.8 Å². The fraction of sp³-hybridized carbons (Fsp3) is 0.417. The van der Waals surface area contributed by atoms with E-state index in [0.29, 0.717) is 5.56 Å². The smallest absolute Gasteiger partial charge is 0.261 e. The van der Waals surface area contributed by atoms with Crippen molar-refractivity contribution in [2.24, 2.45) is 0 Å². The molecule has 1 aromatic heterocycles. The van der Waals surface area contributed by atoms with Crippen LogP contribution in [0.2, 0.25) is 0 Å². The molecule has 2 heterocycles. The summed E-state index contributed by atoms with van der Waals surface area (Å²) < 4.78 is 0. The van der Waals surface area contributed by atoms with Gasteiger partial charge in [-0.2, -0.15) is 5.10 Å². The fourth-order valence-electron chi connectivity index (χ4n) is 4.07. The Morgan fingerprint density at radius 2 is 1.97 bits per heavy atom. The summed E-state index contributed by atoms with van der Waals surface area (Å²) in [6.45, 7) is 6.13. The lowest BCUT2D eigenvalue weighted by Crippen LogP contribution is -2.44. The van der Waals surface area contributed by atoms with E-state index in [4.69, 9.17) is 0 Å². The fourth-order valence-corrected chi connectivity index (χ4v) is 4.07. The number of aromatic hydroxyl groups is 1. The average Bonchev–Trinajstić information content (AvgIpc) is 3.18. The van der Waals surface area contributed by atoms with Crippen molar-refractivity contribution in [3.05, 3.63) is 47.7 Å². The number of nitrogens with zero attached hydrogens (tertiary/aromatic N) is 4. The minimum atomic E-state index is -0.238. The molecule has 2 aromatic carbocycles. The zero-order valence-corrected chi connectivity index (χ0v) is 18.6. The first-order valence-corrected chi connectivity index (χ1v) is 11.0. The van der Waals surface area contributed by atoms with Crippen molar-refractivity contribution in [2.45, 2.75) is 26.2 Å². The van der Waals surface area contributed by atoms with Crippen molar-refractivity contribution in [1.29, 1.82) is 0 Å². The highest BCUT2D eigenvalue weighted by atomic mass is 16.3. The quantitative estimate of drug-likeness (QED) is 0.636. The summed E-state index contributed by atoms with van der Waals surface area (Å²) in [7, 11) is 3.89. The number of aryl methyl sites for hydroxylation is 1. The lowest BCUT2D eigenvalue weighted by Gasteiger charge is -2.34. The Bertz CT molecular complexity index is 1070. The maximum Gasteiger partial charge on any atom is 0.261 e. The van der Waals surface area contributed by atoms with E-state index in [0.717, 1.165) is 73.4 Å². The summed E-state index contributed by atoms with van der Waals surface area (Å²) in [5.41, 5.74) is 3.89. The van der Waals surface area contributed by atoms with Crippen LogP contribution in [0.4, 0.5) is 11.4 Å². The summed E-state index contributed by atoms with van der Waals surface area (Å²) in [5, 5.41) is 18.8. The van der Waals surface area contributed by atoms with Crippen LogP contribution in [0.5, 0.6) is 5.75 Å². The predicted octanol–water partition coefficient (Wildman–Crippen LogP) is 3.64. The first-order chi connectivity index (χ1) is 15.0. The molecule has 1 aliphatic heterocycles. The maximum absolute atomic E-state index is 13.3. The number of nitrogens with one attached hydrogen (secondary N) is 1. The minimum Gasteiger partial charge on any atom is -0.507 e. The van der Waals surface area contributed by atoms with Crippen LogP contribution in [0, 0.1) is 0 Å². The molecule has 0 bridgehead atoms. The highest BCUT2D eigenvalue weighted by molar-refractivity contribution is 6.09. The largest absolute Gasteiger partial charge is 0.507 e. The summed E-state index contributed by atoms with van der Waals surface area (Å²) in [6.07, 6.45) is 2.95. The molecule has 7 nitrogen and oxygen atoms in total. The zero-order chi connectivity index (χ0) is 22.0. The van der Waals surface area contributed by atoms with Crippen molar-refractivity contribution < 1.29 is 9.90 Å². The number of amides is 1. The van der Waals surface area contributed by atoms with E-state index >= 15 is 0 Å². The number of carbonyl (C=O) groups excluding carboxylic acids is 1. The van der Waals surface area contributed by atoms with E-state index < -0.39 is 0 Å². The molecule has 0 spiro atoms. The Morgan fingerprint density at radius 3 is 2.71 bits per heavy atom. The second kappa shape index (κ2) is 8.98. The van der Waals surface area contributed by atoms with Gasteiger partial charge in [-0.1, -0.05) is 19.4 Å². The SMILES string of the molecule is CCCCc1n[nH]c2cc(O)c(C(=O)N(C)c3cccc(N4CCN(C)CC4)c3)cc12. The van der Waals surface area contributed by atoms with Crippen LogP contribution in [0.15, 0.2) is 36.4 Å². The number of carbonyl (C=O) groups is 1. The van der Waals surface area contributed by atoms with Gasteiger partial charge in [0.15, 0.2) is 0 Å². The van der Waals surface area contributed by atoms with Gasteiger partial charge in [-0.05, 0) is 44.2 Å². The number of piperazine rings is 1. The number of unbranched alkanes of at least 4 members (excludes halogenated alkanes) is 1. The highest BCUT2D eigenvalue weighted by Gasteiger charge is 2.21. The van der Waals surface area contributed by atoms with E-state index in [9.17, 15) is 9.90 Å². The summed E-state index contributed by atoms with van der Waals surface area (Å²) >= 11 is 0.